The minimum atomic E-state index is -5.19. The molecule has 4 aromatic heterocycles. The van der Waals surface area contributed by atoms with Gasteiger partial charge in [-0.2, -0.15) is 22.0 Å². The summed E-state index contributed by atoms with van der Waals surface area (Å²) < 4.78 is 116. The van der Waals surface area contributed by atoms with Crippen molar-refractivity contribution in [2.45, 2.75) is 96.3 Å². The van der Waals surface area contributed by atoms with E-state index in [1.165, 1.54) is 90.6 Å². The number of alkyl halides is 3. The Morgan fingerprint density at radius 3 is 1.20 bits per heavy atom. The lowest BCUT2D eigenvalue weighted by molar-refractivity contribution is -0.918. The van der Waals surface area contributed by atoms with Gasteiger partial charge in [-0.05, 0) is 122 Å². The van der Waals surface area contributed by atoms with Crippen LogP contribution in [-0.4, -0.2) is 248 Å². The predicted molar refractivity (Wildman–Crippen MR) is 430 cm³/mol. The maximum Gasteiger partial charge on any atom is 0.430 e. The van der Waals surface area contributed by atoms with Crippen molar-refractivity contribution < 1.29 is 107 Å². The third-order valence-electron chi connectivity index (χ3n) is 24.2. The van der Waals surface area contributed by atoms with Gasteiger partial charge in [-0.25, -0.2) is 38.3 Å². The van der Waals surface area contributed by atoms with Crippen molar-refractivity contribution in [1.82, 2.24) is 59.8 Å². The van der Waals surface area contributed by atoms with Crippen molar-refractivity contribution in [2.75, 3.05) is 145 Å². The maximum absolute atomic E-state index is 15.0. The van der Waals surface area contributed by atoms with Gasteiger partial charge in [0.2, 0.25) is 23.4 Å². The monoisotopic (exact) mass is 1700 g/mol. The van der Waals surface area contributed by atoms with Gasteiger partial charge in [-0.15, -0.1) is 0 Å². The molecule has 6 saturated heterocycles. The molecule has 30 nitrogen and oxygen atoms in total. The average molecular weight is 1710 g/mol. The number of aromatic nitrogens is 6. The molecule has 0 spiro atoms. The van der Waals surface area contributed by atoms with Crippen LogP contribution in [0.3, 0.4) is 0 Å². The molecule has 14 rings (SSSR count). The Bertz CT molecular complexity index is 4780. The Labute approximate surface area is 700 Å². The highest BCUT2D eigenvalue weighted by Gasteiger charge is 2.43. The first-order valence-corrected chi connectivity index (χ1v) is 40.7. The fraction of sp³-hybridized carbons (Fsp3) is 0.482. The van der Waals surface area contributed by atoms with Gasteiger partial charge in [-0.3, -0.25) is 28.0 Å². The van der Waals surface area contributed by atoms with E-state index in [0.29, 0.717) is 122 Å². The van der Waals surface area contributed by atoms with Gasteiger partial charge in [0.05, 0.1) is 106 Å². The van der Waals surface area contributed by atoms with Crippen LogP contribution in [0.2, 0.25) is 0 Å². The second kappa shape index (κ2) is 40.4. The lowest BCUT2D eigenvalue weighted by Crippen LogP contribution is -2.59. The van der Waals surface area contributed by atoms with Crippen molar-refractivity contribution in [3.8, 4) is 34.0 Å². The van der Waals surface area contributed by atoms with E-state index in [4.69, 9.17) is 38.7 Å². The zero-order chi connectivity index (χ0) is 87.9. The number of carbonyl (C=O) groups excluding carboxylic acids is 8. The quantitative estimate of drug-likeness (QED) is 0.0156. The molecule has 37 heteroatoms. The molecule has 2 atom stereocenters. The highest BCUT2D eigenvalue weighted by molar-refractivity contribution is 6.00. The van der Waals surface area contributed by atoms with E-state index >= 15 is 0 Å². The van der Waals surface area contributed by atoms with Crippen LogP contribution in [0.15, 0.2) is 97.8 Å². The summed E-state index contributed by atoms with van der Waals surface area (Å²) in [7, 11) is 9.81. The molecular weight excluding hydrogens is 1600 g/mol. The maximum atomic E-state index is 15.0. The smallest absolute Gasteiger partial charge is 0.430 e. The van der Waals surface area contributed by atoms with Crippen molar-refractivity contribution >= 4 is 82.3 Å². The number of likely N-dealkylation sites (tertiary alicyclic amines) is 4. The molecule has 0 radical (unpaired) electrons. The molecule has 656 valence electrons. The number of nitrogens with one attached hydrogen (secondary N) is 6. The van der Waals surface area contributed by atoms with Gasteiger partial charge in [0, 0.05) is 167 Å². The van der Waals surface area contributed by atoms with Crippen LogP contribution >= 0.6 is 0 Å². The normalized spacial score (nSPS) is 20.0. The molecule has 6 N–H and O–H groups in total. The first-order valence-electron chi connectivity index (χ1n) is 40.7. The number of esters is 2. The number of halogens is 7. The number of carboxylic acids is 1. The van der Waals surface area contributed by atoms with Crippen LogP contribution < -0.4 is 51.6 Å². The van der Waals surface area contributed by atoms with Crippen molar-refractivity contribution in [1.29, 1.82) is 0 Å². The van der Waals surface area contributed by atoms with Crippen LogP contribution in [0.5, 0.6) is 11.5 Å². The predicted octanol–water partition coefficient (Wildman–Crippen LogP) is 6.81. The Kier molecular flexibility index (Phi) is 30.2. The number of imidazole rings is 2. The van der Waals surface area contributed by atoms with E-state index in [1.54, 1.807) is 45.5 Å². The molecule has 10 heterocycles. The summed E-state index contributed by atoms with van der Waals surface area (Å²) in [5, 5.41) is 36.2. The summed E-state index contributed by atoms with van der Waals surface area (Å²) in [6.45, 7) is 16.3. The molecule has 0 bridgehead atoms. The van der Waals surface area contributed by atoms with Crippen LogP contribution in [0, 0.1) is 58.8 Å². The van der Waals surface area contributed by atoms with Crippen LogP contribution in [0.25, 0.3) is 33.8 Å². The number of carboxylic acid groups (broad SMARTS) is 2. The van der Waals surface area contributed by atoms with E-state index in [-0.39, 0.29) is 58.1 Å². The van der Waals surface area contributed by atoms with Gasteiger partial charge < -0.3 is 89.4 Å². The Balaban J connectivity index is 0.000000214. The second-order valence-corrected chi connectivity index (χ2v) is 32.1. The molecule has 4 amide bonds. The molecule has 8 aromatic rings. The summed E-state index contributed by atoms with van der Waals surface area (Å²) in [6, 6.07) is 14.4. The third-order valence-corrected chi connectivity index (χ3v) is 24.2. The number of ether oxygens (including phenoxy) is 4. The lowest BCUT2D eigenvalue weighted by atomic mass is 9.87. The molecule has 0 aliphatic carbocycles. The Morgan fingerprint density at radius 2 is 0.902 bits per heavy atom. The molecule has 6 aliphatic heterocycles. The number of amides is 4. The number of hydrogen-bond donors (Lipinski definition) is 6. The summed E-state index contributed by atoms with van der Waals surface area (Å²) >= 11 is 0. The standard InChI is InChI=1S/2C41H50F2N8O5.C2HF3O2.CH2O2/c2*1-5-26-20-29(47-37-38-46-23-32(50(38)17-14-45-37)31-8-9-33(55-3)35(43)34(31)42)6-7-30(26)39(52)48-36(41(54)56-4)27-10-15-49(16-11-27)40(53)28-12-18-51(2,19-13-28)24-25-21-44-22-25;3-2(4,5)1(6)7;2-1-3/h2*6-9,14,17,20,23,25,27-28,36,44H,5,10-13,15-16,18-19,21-22,24H2,1-4H3,(H-,45,47,48,52);(H,6,7);1H,(H,2,3). The summed E-state index contributed by atoms with van der Waals surface area (Å²) in [4.78, 5) is 120. The van der Waals surface area contributed by atoms with Crippen LogP contribution in [-0.2, 0) is 51.1 Å². The lowest BCUT2D eigenvalue weighted by Gasteiger charge is -2.45. The first-order chi connectivity index (χ1) is 58.4. The molecule has 6 aliphatic rings. The van der Waals surface area contributed by atoms with E-state index in [1.807, 2.05) is 35.8 Å². The third kappa shape index (κ3) is 21.3. The van der Waals surface area contributed by atoms with E-state index < -0.39 is 77.7 Å². The first kappa shape index (κ1) is 91.2. The van der Waals surface area contributed by atoms with Gasteiger partial charge in [0.1, 0.15) is 18.1 Å². The highest BCUT2D eigenvalue weighted by Crippen LogP contribution is 2.37. The van der Waals surface area contributed by atoms with Gasteiger partial charge >= 0.3 is 18.1 Å². The van der Waals surface area contributed by atoms with E-state index in [9.17, 15) is 59.5 Å². The fourth-order valence-electron chi connectivity index (χ4n) is 17.1. The number of piperidine rings is 4. The molecule has 122 heavy (non-hydrogen) atoms. The summed E-state index contributed by atoms with van der Waals surface area (Å²) in [5.41, 5.74) is 5.00. The molecule has 2 unspecified atom stereocenters. The van der Waals surface area contributed by atoms with Gasteiger partial charge in [0.25, 0.3) is 11.8 Å². The molecule has 0 saturated carbocycles. The molecule has 4 aromatic carbocycles. The molecular formula is C85H103F7N16O14. The SMILES string of the molecule is CCc1cc(Nc2nccn3c(-c4ccc(OC)c(F)c4F)cnc23)ccc1C(=O)NC(C(=O)OC)C1CCN(C(=O)C2CC[N+](C)(CC3CNC3)CC2)CC1.CCc1cc(Nc2nccn3c(-c4ccc(OC)c(F)c4F)cnc23)ccc1C(=O)NC(C(=O)OC)C1CCN(C(=O)C2CC[N+](C)(CC3CNC3)CC2)CC1.O=C([O-])C(F)(F)F.O=C[O-]. The number of aryl methyl sites for hydroxylation is 2. The van der Waals surface area contributed by atoms with Crippen molar-refractivity contribution in [3.05, 3.63) is 143 Å². The number of quaternary nitrogens is 2. The number of carbonyl (C=O) groups is 8. The number of anilines is 4. The van der Waals surface area contributed by atoms with Gasteiger partial charge in [0.15, 0.2) is 46.1 Å². The van der Waals surface area contributed by atoms with E-state index in [0.717, 1.165) is 110 Å². The van der Waals surface area contributed by atoms with E-state index in [2.05, 4.69) is 65.9 Å². The topological polar surface area (TPSA) is 359 Å². The average Bonchev–Trinajstić information content (AvgIpc) is 1.64. The summed E-state index contributed by atoms with van der Waals surface area (Å²) in [5.74, 6) is -7.17. The van der Waals surface area contributed by atoms with Crippen molar-refractivity contribution in [2.24, 2.45) is 35.5 Å². The fourth-order valence-corrected chi connectivity index (χ4v) is 17.1. The van der Waals surface area contributed by atoms with Crippen LogP contribution in [0.4, 0.5) is 53.7 Å². The second-order valence-electron chi connectivity index (χ2n) is 32.1. The zero-order valence-electron chi connectivity index (χ0n) is 69.2. The molecule has 6 fully saturated rings. The number of rotatable bonds is 24. The van der Waals surface area contributed by atoms with Gasteiger partial charge in [-0.1, -0.05) is 13.8 Å². The zero-order valence-corrected chi connectivity index (χ0v) is 69.2. The van der Waals surface area contributed by atoms with Crippen LogP contribution in [0.1, 0.15) is 97.1 Å². The highest BCUT2D eigenvalue weighted by atomic mass is 19.4. The number of aliphatic carboxylic acids is 1. The number of nitrogens with zero attached hydrogens (tertiary/aromatic N) is 10. The minimum absolute atomic E-state index is 0.0138. The van der Waals surface area contributed by atoms with Crippen molar-refractivity contribution in [3.63, 3.8) is 0 Å². The number of methoxy groups -OCH3 is 4. The number of fused-ring (bicyclic) bond motifs is 2. The largest absolute Gasteiger partial charge is 0.554 e. The number of hydrogen-bond acceptors (Lipinski definition) is 22. The number of benzene rings is 4. The Hall–Kier alpha value is -11.6. The summed E-state index contributed by atoms with van der Waals surface area (Å²) in [6.07, 6.45) is 10.9. The Morgan fingerprint density at radius 1 is 0.549 bits per heavy atom. The minimum Gasteiger partial charge on any atom is -0.554 e.